The van der Waals surface area contributed by atoms with Gasteiger partial charge in [-0.05, 0) is 37.5 Å². The van der Waals surface area contributed by atoms with E-state index in [-0.39, 0.29) is 23.7 Å². The Hall–Kier alpha value is -1.42. The molecule has 1 aromatic carbocycles. The highest BCUT2D eigenvalue weighted by Crippen LogP contribution is 2.49. The fourth-order valence-electron chi connectivity index (χ4n) is 1.97. The van der Waals surface area contributed by atoms with Crippen LogP contribution in [0.1, 0.15) is 26.2 Å². The standard InChI is InChI=1S/C13H18N2O2.ClH/c1-3-13(6-7-13)12(16)15-9-4-5-11(17-2)10(14)8-9;/h4-5,8H,3,6-7,14H2,1-2H3,(H,15,16);1H. The molecule has 0 heterocycles. The van der Waals surface area contributed by atoms with E-state index in [1.54, 1.807) is 25.3 Å². The van der Waals surface area contributed by atoms with Crippen LogP contribution in [0.5, 0.6) is 5.75 Å². The molecular weight excluding hydrogens is 252 g/mol. The van der Waals surface area contributed by atoms with Crippen LogP contribution in [-0.2, 0) is 4.79 Å². The van der Waals surface area contributed by atoms with E-state index in [1.165, 1.54) is 0 Å². The van der Waals surface area contributed by atoms with Gasteiger partial charge in [0.15, 0.2) is 0 Å². The van der Waals surface area contributed by atoms with E-state index < -0.39 is 0 Å². The molecular formula is C13H19ClN2O2. The van der Waals surface area contributed by atoms with E-state index in [1.807, 2.05) is 0 Å². The molecule has 1 aromatic rings. The Labute approximate surface area is 113 Å². The molecule has 0 saturated heterocycles. The maximum Gasteiger partial charge on any atom is 0.230 e. The van der Waals surface area contributed by atoms with Crippen LogP contribution in [0.4, 0.5) is 11.4 Å². The van der Waals surface area contributed by atoms with Gasteiger partial charge < -0.3 is 15.8 Å². The number of methoxy groups -OCH3 is 1. The first-order valence-electron chi connectivity index (χ1n) is 5.86. The van der Waals surface area contributed by atoms with Gasteiger partial charge in [0.1, 0.15) is 5.75 Å². The van der Waals surface area contributed by atoms with Crippen LogP contribution in [-0.4, -0.2) is 13.0 Å². The summed E-state index contributed by atoms with van der Waals surface area (Å²) in [5.41, 5.74) is 6.92. The Balaban J connectivity index is 0.00000162. The molecule has 0 aliphatic heterocycles. The highest BCUT2D eigenvalue weighted by atomic mass is 35.5. The molecule has 2 rings (SSSR count). The van der Waals surface area contributed by atoms with Gasteiger partial charge in [-0.25, -0.2) is 0 Å². The van der Waals surface area contributed by atoms with Crippen molar-refractivity contribution in [1.29, 1.82) is 0 Å². The van der Waals surface area contributed by atoms with Crippen LogP contribution in [0.3, 0.4) is 0 Å². The summed E-state index contributed by atoms with van der Waals surface area (Å²) in [5, 5.41) is 2.91. The van der Waals surface area contributed by atoms with Gasteiger partial charge in [-0.1, -0.05) is 6.92 Å². The smallest absolute Gasteiger partial charge is 0.230 e. The summed E-state index contributed by atoms with van der Waals surface area (Å²) in [5.74, 6) is 0.726. The fourth-order valence-corrected chi connectivity index (χ4v) is 1.97. The number of nitrogen functional groups attached to an aromatic ring is 1. The number of carbonyl (C=O) groups excluding carboxylic acids is 1. The lowest BCUT2D eigenvalue weighted by molar-refractivity contribution is -0.121. The molecule has 1 aliphatic rings. The number of anilines is 2. The predicted molar refractivity (Wildman–Crippen MR) is 75.2 cm³/mol. The number of nitrogens with one attached hydrogen (secondary N) is 1. The summed E-state index contributed by atoms with van der Waals surface area (Å²) in [6, 6.07) is 5.29. The van der Waals surface area contributed by atoms with E-state index in [0.717, 1.165) is 24.9 Å². The lowest BCUT2D eigenvalue weighted by Gasteiger charge is -2.14. The number of amides is 1. The van der Waals surface area contributed by atoms with Crippen LogP contribution in [0.2, 0.25) is 0 Å². The average Bonchev–Trinajstić information content (AvgIpc) is 3.10. The molecule has 4 nitrogen and oxygen atoms in total. The van der Waals surface area contributed by atoms with E-state index in [4.69, 9.17) is 10.5 Å². The third kappa shape index (κ3) is 2.70. The van der Waals surface area contributed by atoms with Crippen molar-refractivity contribution in [2.45, 2.75) is 26.2 Å². The maximum atomic E-state index is 12.0. The third-order valence-electron chi connectivity index (χ3n) is 3.50. The predicted octanol–water partition coefficient (Wildman–Crippen LogP) is 2.83. The van der Waals surface area contributed by atoms with E-state index >= 15 is 0 Å². The number of rotatable bonds is 4. The van der Waals surface area contributed by atoms with Crippen molar-refractivity contribution in [2.75, 3.05) is 18.2 Å². The van der Waals surface area contributed by atoms with Crippen molar-refractivity contribution in [2.24, 2.45) is 5.41 Å². The molecule has 1 amide bonds. The lowest BCUT2D eigenvalue weighted by atomic mass is 10.0. The summed E-state index contributed by atoms with van der Waals surface area (Å²) in [4.78, 5) is 12.0. The van der Waals surface area contributed by atoms with E-state index in [2.05, 4.69) is 12.2 Å². The number of carbonyl (C=O) groups is 1. The first-order valence-corrected chi connectivity index (χ1v) is 5.86. The van der Waals surface area contributed by atoms with Crippen molar-refractivity contribution >= 4 is 29.7 Å². The number of benzene rings is 1. The molecule has 100 valence electrons. The molecule has 18 heavy (non-hydrogen) atoms. The molecule has 0 bridgehead atoms. The van der Waals surface area contributed by atoms with Crippen LogP contribution >= 0.6 is 12.4 Å². The van der Waals surface area contributed by atoms with Gasteiger partial charge in [-0.2, -0.15) is 0 Å². The zero-order valence-corrected chi connectivity index (χ0v) is 11.5. The Kier molecular flexibility index (Phi) is 4.46. The van der Waals surface area contributed by atoms with E-state index in [9.17, 15) is 4.79 Å². The lowest BCUT2D eigenvalue weighted by Crippen LogP contribution is -2.23. The van der Waals surface area contributed by atoms with Gasteiger partial charge in [0.25, 0.3) is 0 Å². The summed E-state index contributed by atoms with van der Waals surface area (Å²) >= 11 is 0. The number of halogens is 1. The van der Waals surface area contributed by atoms with Crippen LogP contribution in [0.25, 0.3) is 0 Å². The molecule has 0 radical (unpaired) electrons. The van der Waals surface area contributed by atoms with Gasteiger partial charge in [-0.3, -0.25) is 4.79 Å². The number of nitrogens with two attached hydrogens (primary N) is 1. The summed E-state index contributed by atoms with van der Waals surface area (Å²) in [6.45, 7) is 2.05. The third-order valence-corrected chi connectivity index (χ3v) is 3.50. The quantitative estimate of drug-likeness (QED) is 0.827. The monoisotopic (exact) mass is 270 g/mol. The van der Waals surface area contributed by atoms with Gasteiger partial charge in [0.2, 0.25) is 5.91 Å². The Bertz CT molecular complexity index is 445. The van der Waals surface area contributed by atoms with Gasteiger partial charge >= 0.3 is 0 Å². The molecule has 0 aromatic heterocycles. The molecule has 5 heteroatoms. The maximum absolute atomic E-state index is 12.0. The van der Waals surface area contributed by atoms with Crippen LogP contribution < -0.4 is 15.8 Å². The highest BCUT2D eigenvalue weighted by Gasteiger charge is 2.47. The summed E-state index contributed by atoms with van der Waals surface area (Å²) in [7, 11) is 1.57. The minimum Gasteiger partial charge on any atom is -0.495 e. The van der Waals surface area contributed by atoms with Gasteiger partial charge in [0.05, 0.1) is 12.8 Å². The van der Waals surface area contributed by atoms with Gasteiger partial charge in [-0.15, -0.1) is 12.4 Å². The average molecular weight is 271 g/mol. The zero-order chi connectivity index (χ0) is 12.5. The Morgan fingerprint density at radius 3 is 2.61 bits per heavy atom. The molecule has 1 saturated carbocycles. The Morgan fingerprint density at radius 1 is 1.50 bits per heavy atom. The van der Waals surface area contributed by atoms with Crippen molar-refractivity contribution in [3.05, 3.63) is 18.2 Å². The molecule has 0 spiro atoms. The van der Waals surface area contributed by atoms with Crippen molar-refractivity contribution < 1.29 is 9.53 Å². The van der Waals surface area contributed by atoms with Gasteiger partial charge in [0, 0.05) is 11.1 Å². The molecule has 3 N–H and O–H groups in total. The molecule has 0 atom stereocenters. The highest BCUT2D eigenvalue weighted by molar-refractivity contribution is 5.97. The second kappa shape index (κ2) is 5.48. The van der Waals surface area contributed by atoms with Crippen molar-refractivity contribution in [1.82, 2.24) is 0 Å². The van der Waals surface area contributed by atoms with Crippen LogP contribution in [0, 0.1) is 5.41 Å². The normalized spacial score (nSPS) is 15.4. The SMILES string of the molecule is CCC1(C(=O)Nc2ccc(OC)c(N)c2)CC1.Cl. The first kappa shape index (κ1) is 14.6. The largest absolute Gasteiger partial charge is 0.495 e. The Morgan fingerprint density at radius 2 is 2.17 bits per heavy atom. The fraction of sp³-hybridized carbons (Fsp3) is 0.462. The minimum absolute atomic E-state index is 0. The second-order valence-corrected chi connectivity index (χ2v) is 4.54. The van der Waals surface area contributed by atoms with E-state index in [0.29, 0.717) is 11.4 Å². The van der Waals surface area contributed by atoms with Crippen molar-refractivity contribution in [3.63, 3.8) is 0 Å². The summed E-state index contributed by atoms with van der Waals surface area (Å²) in [6.07, 6.45) is 2.87. The molecule has 1 fully saturated rings. The topological polar surface area (TPSA) is 64.3 Å². The second-order valence-electron chi connectivity index (χ2n) is 4.54. The van der Waals surface area contributed by atoms with Crippen molar-refractivity contribution in [3.8, 4) is 5.75 Å². The van der Waals surface area contributed by atoms with Crippen LogP contribution in [0.15, 0.2) is 18.2 Å². The molecule has 1 aliphatic carbocycles. The minimum atomic E-state index is -0.130. The summed E-state index contributed by atoms with van der Waals surface area (Å²) < 4.78 is 5.07. The zero-order valence-electron chi connectivity index (χ0n) is 10.7. The first-order chi connectivity index (χ1) is 8.11. The molecule has 0 unspecified atom stereocenters. The number of hydrogen-bond acceptors (Lipinski definition) is 3. The number of hydrogen-bond donors (Lipinski definition) is 2. The number of ether oxygens (including phenoxy) is 1.